The highest BCUT2D eigenvalue weighted by atomic mass is 15.2. The summed E-state index contributed by atoms with van der Waals surface area (Å²) < 4.78 is 0. The number of nitrogens with zero attached hydrogens (tertiary/aromatic N) is 4. The molecule has 1 aromatic heterocycles. The van der Waals surface area contributed by atoms with Crippen molar-refractivity contribution >= 4 is 5.82 Å². The molecule has 1 aromatic rings. The molecule has 0 unspecified atom stereocenters. The van der Waals surface area contributed by atoms with Gasteiger partial charge in [-0.1, -0.05) is 32.8 Å². The van der Waals surface area contributed by atoms with Gasteiger partial charge < -0.3 is 14.7 Å². The van der Waals surface area contributed by atoms with Crippen molar-refractivity contribution in [3.05, 3.63) is 23.9 Å². The van der Waals surface area contributed by atoms with E-state index >= 15 is 0 Å². The molecule has 0 aliphatic carbocycles. The van der Waals surface area contributed by atoms with Gasteiger partial charge in [0.15, 0.2) is 0 Å². The van der Waals surface area contributed by atoms with Crippen LogP contribution in [0.1, 0.15) is 45.1 Å². The Morgan fingerprint density at radius 2 is 1.60 bits per heavy atom. The van der Waals surface area contributed by atoms with Crippen LogP contribution in [0.2, 0.25) is 0 Å². The van der Waals surface area contributed by atoms with Crippen LogP contribution in [0.15, 0.2) is 18.3 Å². The molecule has 25 heavy (non-hydrogen) atoms. The van der Waals surface area contributed by atoms with Crippen LogP contribution in [0.3, 0.4) is 0 Å². The number of hydrogen-bond donors (Lipinski definition) is 0. The second-order valence-electron chi connectivity index (χ2n) is 7.73. The average molecular weight is 347 g/mol. The number of unbranched alkanes of at least 4 members (excludes halogenated alkanes) is 1. The number of aryl methyl sites for hydroxylation is 1. The SMILES string of the molecule is CCCC.Cc1ccc(N2CCC(CN3CCN(C)CC3)CC2)nc1. The Labute approximate surface area is 155 Å². The van der Waals surface area contributed by atoms with Crippen molar-refractivity contribution in [1.82, 2.24) is 14.8 Å². The summed E-state index contributed by atoms with van der Waals surface area (Å²) in [6.45, 7) is 15.0. The summed E-state index contributed by atoms with van der Waals surface area (Å²) in [6, 6.07) is 4.33. The van der Waals surface area contributed by atoms with Crippen LogP contribution in [0.5, 0.6) is 0 Å². The highest BCUT2D eigenvalue weighted by Gasteiger charge is 2.23. The Morgan fingerprint density at radius 3 is 2.12 bits per heavy atom. The van der Waals surface area contributed by atoms with E-state index in [0.29, 0.717) is 0 Å². The monoisotopic (exact) mass is 346 g/mol. The van der Waals surface area contributed by atoms with Crippen molar-refractivity contribution in [3.63, 3.8) is 0 Å². The Morgan fingerprint density at radius 1 is 0.960 bits per heavy atom. The molecule has 2 fully saturated rings. The third kappa shape index (κ3) is 6.95. The molecule has 3 heterocycles. The van der Waals surface area contributed by atoms with Crippen LogP contribution in [-0.2, 0) is 0 Å². The first-order valence-electron chi connectivity index (χ1n) is 10.2. The smallest absolute Gasteiger partial charge is 0.128 e. The predicted octanol–water partition coefficient (Wildman–Crippen LogP) is 3.66. The van der Waals surface area contributed by atoms with Gasteiger partial charge in [-0.3, -0.25) is 0 Å². The van der Waals surface area contributed by atoms with Gasteiger partial charge in [-0.25, -0.2) is 4.98 Å². The standard InChI is InChI=1S/C17H28N4.C4H10/c1-15-3-4-17(18-13-15)21-7-5-16(6-8-21)14-20-11-9-19(2)10-12-20;1-3-4-2/h3-4,13,16H,5-12,14H2,1-2H3;3-4H2,1-2H3. The Hall–Kier alpha value is -1.13. The van der Waals surface area contributed by atoms with E-state index in [-0.39, 0.29) is 0 Å². The lowest BCUT2D eigenvalue weighted by Gasteiger charge is -2.38. The fraction of sp³-hybridized carbons (Fsp3) is 0.762. The van der Waals surface area contributed by atoms with Gasteiger partial charge in [0.2, 0.25) is 0 Å². The van der Waals surface area contributed by atoms with Crippen molar-refractivity contribution < 1.29 is 0 Å². The zero-order valence-corrected chi connectivity index (χ0v) is 16.9. The van der Waals surface area contributed by atoms with E-state index in [1.165, 1.54) is 64.0 Å². The third-order valence-electron chi connectivity index (χ3n) is 5.45. The van der Waals surface area contributed by atoms with Gasteiger partial charge in [0.05, 0.1) is 0 Å². The molecule has 3 rings (SSSR count). The lowest BCUT2D eigenvalue weighted by Crippen LogP contribution is -2.47. The van der Waals surface area contributed by atoms with Crippen molar-refractivity contribution in [2.75, 3.05) is 57.8 Å². The highest BCUT2D eigenvalue weighted by molar-refractivity contribution is 5.39. The first kappa shape index (κ1) is 20.2. The lowest BCUT2D eigenvalue weighted by atomic mass is 9.96. The third-order valence-corrected chi connectivity index (χ3v) is 5.45. The quantitative estimate of drug-likeness (QED) is 0.830. The summed E-state index contributed by atoms with van der Waals surface area (Å²) >= 11 is 0. The zero-order chi connectivity index (χ0) is 18.1. The highest BCUT2D eigenvalue weighted by Crippen LogP contribution is 2.23. The number of rotatable bonds is 4. The van der Waals surface area contributed by atoms with Gasteiger partial charge in [0, 0.05) is 52.0 Å². The van der Waals surface area contributed by atoms with Crippen LogP contribution in [-0.4, -0.2) is 67.6 Å². The number of likely N-dealkylation sites (N-methyl/N-ethyl adjacent to an activating group) is 1. The van der Waals surface area contributed by atoms with E-state index < -0.39 is 0 Å². The van der Waals surface area contributed by atoms with Crippen LogP contribution in [0, 0.1) is 12.8 Å². The molecular weight excluding hydrogens is 308 g/mol. The summed E-state index contributed by atoms with van der Waals surface area (Å²) in [6.07, 6.45) is 7.23. The van der Waals surface area contributed by atoms with E-state index in [4.69, 9.17) is 0 Å². The minimum Gasteiger partial charge on any atom is -0.357 e. The summed E-state index contributed by atoms with van der Waals surface area (Å²) in [5.74, 6) is 2.02. The Kier molecular flexibility index (Phi) is 8.70. The van der Waals surface area contributed by atoms with Gasteiger partial charge in [-0.05, 0) is 44.4 Å². The van der Waals surface area contributed by atoms with Crippen LogP contribution < -0.4 is 4.90 Å². The molecular formula is C21H38N4. The van der Waals surface area contributed by atoms with Crippen molar-refractivity contribution in [2.45, 2.75) is 46.5 Å². The van der Waals surface area contributed by atoms with E-state index in [2.05, 4.69) is 59.6 Å². The Bertz CT molecular complexity index is 455. The summed E-state index contributed by atoms with van der Waals surface area (Å²) in [5.41, 5.74) is 1.24. The summed E-state index contributed by atoms with van der Waals surface area (Å²) in [5, 5.41) is 0. The fourth-order valence-electron chi connectivity index (χ4n) is 3.39. The second-order valence-corrected chi connectivity index (χ2v) is 7.73. The number of pyridine rings is 1. The molecule has 2 aliphatic heterocycles. The Balaban J connectivity index is 0.000000511. The molecule has 0 amide bonds. The van der Waals surface area contributed by atoms with E-state index in [9.17, 15) is 0 Å². The van der Waals surface area contributed by atoms with E-state index in [1.54, 1.807) is 0 Å². The molecule has 0 radical (unpaired) electrons. The number of hydrogen-bond acceptors (Lipinski definition) is 4. The molecule has 0 saturated carbocycles. The van der Waals surface area contributed by atoms with Gasteiger partial charge in [-0.2, -0.15) is 0 Å². The first-order chi connectivity index (χ1) is 12.1. The van der Waals surface area contributed by atoms with Crippen molar-refractivity contribution in [2.24, 2.45) is 5.92 Å². The average Bonchev–Trinajstić information content (AvgIpc) is 2.65. The lowest BCUT2D eigenvalue weighted by molar-refractivity contribution is 0.129. The normalized spacial score (nSPS) is 20.2. The topological polar surface area (TPSA) is 22.6 Å². The molecule has 142 valence electrons. The van der Waals surface area contributed by atoms with Gasteiger partial charge in [-0.15, -0.1) is 0 Å². The van der Waals surface area contributed by atoms with Crippen molar-refractivity contribution in [1.29, 1.82) is 0 Å². The summed E-state index contributed by atoms with van der Waals surface area (Å²) in [4.78, 5) is 12.1. The molecule has 0 spiro atoms. The number of anilines is 1. The molecule has 0 bridgehead atoms. The second kappa shape index (κ2) is 10.8. The molecule has 0 aromatic carbocycles. The van der Waals surface area contributed by atoms with Gasteiger partial charge in [0.25, 0.3) is 0 Å². The molecule has 4 heteroatoms. The maximum atomic E-state index is 4.56. The number of piperidine rings is 1. The van der Waals surface area contributed by atoms with Crippen LogP contribution in [0.4, 0.5) is 5.82 Å². The number of piperazine rings is 1. The molecule has 0 N–H and O–H groups in total. The predicted molar refractivity (Wildman–Crippen MR) is 108 cm³/mol. The molecule has 4 nitrogen and oxygen atoms in total. The fourth-order valence-corrected chi connectivity index (χ4v) is 3.39. The van der Waals surface area contributed by atoms with Gasteiger partial charge >= 0.3 is 0 Å². The minimum atomic E-state index is 0.870. The maximum absolute atomic E-state index is 4.56. The van der Waals surface area contributed by atoms with Crippen LogP contribution in [0.25, 0.3) is 0 Å². The molecule has 2 saturated heterocycles. The van der Waals surface area contributed by atoms with Crippen molar-refractivity contribution in [3.8, 4) is 0 Å². The summed E-state index contributed by atoms with van der Waals surface area (Å²) in [7, 11) is 2.23. The minimum absolute atomic E-state index is 0.870. The number of aromatic nitrogens is 1. The van der Waals surface area contributed by atoms with Crippen LogP contribution >= 0.6 is 0 Å². The first-order valence-corrected chi connectivity index (χ1v) is 10.2. The largest absolute Gasteiger partial charge is 0.357 e. The van der Waals surface area contributed by atoms with E-state index in [0.717, 1.165) is 24.8 Å². The van der Waals surface area contributed by atoms with E-state index in [1.807, 2.05) is 6.20 Å². The van der Waals surface area contributed by atoms with Gasteiger partial charge in [0.1, 0.15) is 5.82 Å². The zero-order valence-electron chi connectivity index (χ0n) is 16.9. The molecule has 0 atom stereocenters. The maximum Gasteiger partial charge on any atom is 0.128 e. The molecule has 2 aliphatic rings.